The number of carboxylic acid groups (broad SMARTS) is 1. The molecule has 0 aliphatic carbocycles. The first kappa shape index (κ1) is 14.8. The van der Waals surface area contributed by atoms with Crippen LogP contribution in [-0.2, 0) is 13.6 Å². The van der Waals surface area contributed by atoms with Crippen molar-refractivity contribution in [2.75, 3.05) is 0 Å². The van der Waals surface area contributed by atoms with Gasteiger partial charge in [-0.2, -0.15) is 5.10 Å². The molecule has 0 aliphatic heterocycles. The molecule has 1 heterocycles. The van der Waals surface area contributed by atoms with Crippen LogP contribution in [0.15, 0.2) is 42.6 Å². The molecule has 118 valence electrons. The van der Waals surface area contributed by atoms with Gasteiger partial charge < -0.3 is 15.2 Å². The van der Waals surface area contributed by atoms with Gasteiger partial charge >= 0.3 is 6.09 Å². The van der Waals surface area contributed by atoms with Crippen LogP contribution in [0.1, 0.15) is 5.56 Å². The van der Waals surface area contributed by atoms with Gasteiger partial charge in [0, 0.05) is 24.5 Å². The van der Waals surface area contributed by atoms with Crippen LogP contribution in [0.2, 0.25) is 0 Å². The van der Waals surface area contributed by atoms with Crippen molar-refractivity contribution in [3.05, 3.63) is 54.0 Å². The van der Waals surface area contributed by atoms with Gasteiger partial charge in [0.25, 0.3) is 0 Å². The van der Waals surface area contributed by atoms with E-state index in [2.05, 4.69) is 10.4 Å². The van der Waals surface area contributed by atoms with E-state index in [4.69, 9.17) is 9.84 Å². The second-order valence-electron chi connectivity index (χ2n) is 5.00. The molecule has 0 saturated carbocycles. The number of nitrogens with zero attached hydrogens (tertiary/aromatic N) is 2. The lowest BCUT2D eigenvalue weighted by Gasteiger charge is -2.11. The largest absolute Gasteiger partial charge is 0.465 e. The van der Waals surface area contributed by atoms with Gasteiger partial charge in [0.1, 0.15) is 17.3 Å². The highest BCUT2D eigenvalue weighted by molar-refractivity contribution is 5.80. The number of rotatable bonds is 4. The maximum absolute atomic E-state index is 13.4. The van der Waals surface area contributed by atoms with Crippen LogP contribution in [-0.4, -0.2) is 21.0 Å². The first-order chi connectivity index (χ1) is 11.0. The molecular weight excluding hydrogens is 301 g/mol. The van der Waals surface area contributed by atoms with E-state index in [-0.39, 0.29) is 6.54 Å². The van der Waals surface area contributed by atoms with Crippen molar-refractivity contribution in [1.82, 2.24) is 15.1 Å². The molecular formula is C16H14FN3O3. The monoisotopic (exact) mass is 315 g/mol. The Morgan fingerprint density at radius 2 is 2.17 bits per heavy atom. The van der Waals surface area contributed by atoms with Crippen LogP contribution in [0, 0.1) is 5.82 Å². The van der Waals surface area contributed by atoms with Crippen molar-refractivity contribution in [1.29, 1.82) is 0 Å². The summed E-state index contributed by atoms with van der Waals surface area (Å²) in [5.74, 6) is 0.499. The molecule has 6 nitrogen and oxygen atoms in total. The number of aromatic nitrogens is 2. The first-order valence-corrected chi connectivity index (χ1v) is 6.88. The molecule has 23 heavy (non-hydrogen) atoms. The lowest BCUT2D eigenvalue weighted by molar-refractivity contribution is 0.194. The van der Waals surface area contributed by atoms with E-state index in [0.29, 0.717) is 17.1 Å². The summed E-state index contributed by atoms with van der Waals surface area (Å²) in [5.41, 5.74) is 1.38. The summed E-state index contributed by atoms with van der Waals surface area (Å²) in [6.07, 6.45) is 0.539. The second-order valence-corrected chi connectivity index (χ2v) is 5.00. The van der Waals surface area contributed by atoms with Crippen molar-refractivity contribution in [2.24, 2.45) is 7.05 Å². The fourth-order valence-electron chi connectivity index (χ4n) is 2.29. The van der Waals surface area contributed by atoms with Crippen molar-refractivity contribution >= 4 is 17.0 Å². The van der Waals surface area contributed by atoms with Gasteiger partial charge in [-0.3, -0.25) is 4.68 Å². The zero-order chi connectivity index (χ0) is 16.4. The molecule has 3 aromatic rings. The SMILES string of the molecule is Cn1ncc2cc(Oc3ccc(F)cc3CNC(=O)O)ccc21. The van der Waals surface area contributed by atoms with Crippen molar-refractivity contribution in [3.8, 4) is 11.5 Å². The van der Waals surface area contributed by atoms with E-state index >= 15 is 0 Å². The Kier molecular flexibility index (Phi) is 3.84. The van der Waals surface area contributed by atoms with Crippen LogP contribution >= 0.6 is 0 Å². The average Bonchev–Trinajstić information content (AvgIpc) is 2.88. The normalized spacial score (nSPS) is 10.7. The standard InChI is InChI=1S/C16H14FN3O3/c1-20-14-4-3-13(7-10(14)9-19-20)23-15-5-2-12(17)6-11(15)8-18-16(21)22/h2-7,9,18H,8H2,1H3,(H,21,22). The number of carbonyl (C=O) groups is 1. The highest BCUT2D eigenvalue weighted by atomic mass is 19.1. The molecule has 1 amide bonds. The minimum atomic E-state index is -1.18. The van der Waals surface area contributed by atoms with E-state index in [1.54, 1.807) is 16.9 Å². The van der Waals surface area contributed by atoms with Gasteiger partial charge in [-0.25, -0.2) is 9.18 Å². The molecule has 0 aliphatic rings. The molecule has 0 fully saturated rings. The van der Waals surface area contributed by atoms with E-state index < -0.39 is 11.9 Å². The summed E-state index contributed by atoms with van der Waals surface area (Å²) in [7, 11) is 1.85. The highest BCUT2D eigenvalue weighted by Gasteiger charge is 2.09. The molecule has 2 N–H and O–H groups in total. The van der Waals surface area contributed by atoms with E-state index in [0.717, 1.165) is 10.9 Å². The first-order valence-electron chi connectivity index (χ1n) is 6.88. The maximum Gasteiger partial charge on any atom is 0.404 e. The fraction of sp³-hybridized carbons (Fsp3) is 0.125. The quantitative estimate of drug-likeness (QED) is 0.774. The Morgan fingerprint density at radius 1 is 1.35 bits per heavy atom. The minimum absolute atomic E-state index is 0.0441. The Labute approximate surface area is 131 Å². The molecule has 2 aromatic carbocycles. The molecule has 0 bridgehead atoms. The Hall–Kier alpha value is -3.09. The van der Waals surface area contributed by atoms with Crippen molar-refractivity contribution in [2.45, 2.75) is 6.54 Å². The molecule has 0 atom stereocenters. The summed E-state index contributed by atoms with van der Waals surface area (Å²) < 4.78 is 20.9. The molecule has 1 aromatic heterocycles. The Morgan fingerprint density at radius 3 is 2.96 bits per heavy atom. The number of hydrogen-bond donors (Lipinski definition) is 2. The highest BCUT2D eigenvalue weighted by Crippen LogP contribution is 2.28. The van der Waals surface area contributed by atoms with Gasteiger partial charge in [-0.15, -0.1) is 0 Å². The third-order valence-electron chi connectivity index (χ3n) is 3.40. The number of amides is 1. The third kappa shape index (κ3) is 3.23. The number of fused-ring (bicyclic) bond motifs is 1. The molecule has 0 saturated heterocycles. The van der Waals surface area contributed by atoms with Gasteiger partial charge in [-0.1, -0.05) is 0 Å². The minimum Gasteiger partial charge on any atom is -0.465 e. The molecule has 0 radical (unpaired) electrons. The molecule has 7 heteroatoms. The lowest BCUT2D eigenvalue weighted by atomic mass is 10.2. The van der Waals surface area contributed by atoms with Crippen LogP contribution in [0.25, 0.3) is 10.9 Å². The summed E-state index contributed by atoms with van der Waals surface area (Å²) >= 11 is 0. The van der Waals surface area contributed by atoms with Crippen molar-refractivity contribution < 1.29 is 19.0 Å². The maximum atomic E-state index is 13.4. The zero-order valence-electron chi connectivity index (χ0n) is 12.3. The number of ether oxygens (including phenoxy) is 1. The number of aryl methyl sites for hydroxylation is 1. The third-order valence-corrected chi connectivity index (χ3v) is 3.40. The topological polar surface area (TPSA) is 76.4 Å². The zero-order valence-corrected chi connectivity index (χ0v) is 12.3. The number of nitrogens with one attached hydrogen (secondary N) is 1. The van der Waals surface area contributed by atoms with Crippen LogP contribution < -0.4 is 10.1 Å². The summed E-state index contributed by atoms with van der Waals surface area (Å²) in [5, 5.41) is 16.0. The molecule has 3 rings (SSSR count). The summed E-state index contributed by atoms with van der Waals surface area (Å²) in [6, 6.07) is 9.45. The van der Waals surface area contributed by atoms with E-state index in [1.807, 2.05) is 19.2 Å². The predicted octanol–water partition coefficient (Wildman–Crippen LogP) is 3.27. The van der Waals surface area contributed by atoms with Gasteiger partial charge in [-0.05, 0) is 36.4 Å². The smallest absolute Gasteiger partial charge is 0.404 e. The summed E-state index contributed by atoms with van der Waals surface area (Å²) in [4.78, 5) is 10.6. The number of hydrogen-bond acceptors (Lipinski definition) is 3. The number of halogens is 1. The molecule has 0 unspecified atom stereocenters. The lowest BCUT2D eigenvalue weighted by Crippen LogP contribution is -2.20. The van der Waals surface area contributed by atoms with Crippen molar-refractivity contribution in [3.63, 3.8) is 0 Å². The van der Waals surface area contributed by atoms with E-state index in [9.17, 15) is 9.18 Å². The second kappa shape index (κ2) is 5.96. The fourth-order valence-corrected chi connectivity index (χ4v) is 2.29. The van der Waals surface area contributed by atoms with E-state index in [1.165, 1.54) is 18.2 Å². The average molecular weight is 315 g/mol. The van der Waals surface area contributed by atoms with Crippen LogP contribution in [0.4, 0.5) is 9.18 Å². The predicted molar refractivity (Wildman–Crippen MR) is 82.1 cm³/mol. The van der Waals surface area contributed by atoms with Crippen LogP contribution in [0.5, 0.6) is 11.5 Å². The number of benzene rings is 2. The van der Waals surface area contributed by atoms with Gasteiger partial charge in [0.2, 0.25) is 0 Å². The Bertz CT molecular complexity index is 876. The van der Waals surface area contributed by atoms with Gasteiger partial charge in [0.05, 0.1) is 11.7 Å². The van der Waals surface area contributed by atoms with Gasteiger partial charge in [0.15, 0.2) is 0 Å². The Balaban J connectivity index is 1.89. The summed E-state index contributed by atoms with van der Waals surface area (Å²) in [6.45, 7) is -0.0441. The van der Waals surface area contributed by atoms with Crippen LogP contribution in [0.3, 0.4) is 0 Å². The molecule has 0 spiro atoms.